The highest BCUT2D eigenvalue weighted by atomic mass is 35.5. The SMILES string of the molecule is CN=C(NCc1ccc(OC)c(C(=O)OC)c1)NC1CCN(c2ncccc2Cl)C1. The summed E-state index contributed by atoms with van der Waals surface area (Å²) in [5.74, 6) is 1.53. The zero-order valence-corrected chi connectivity index (χ0v) is 18.1. The van der Waals surface area contributed by atoms with Crippen molar-refractivity contribution in [1.29, 1.82) is 0 Å². The van der Waals surface area contributed by atoms with E-state index in [1.54, 1.807) is 25.4 Å². The van der Waals surface area contributed by atoms with Gasteiger partial charge < -0.3 is 25.0 Å². The summed E-state index contributed by atoms with van der Waals surface area (Å²) in [7, 11) is 4.60. The number of aromatic nitrogens is 1. The van der Waals surface area contributed by atoms with Crippen LogP contribution in [0.4, 0.5) is 5.82 Å². The van der Waals surface area contributed by atoms with E-state index in [1.807, 2.05) is 18.2 Å². The molecule has 0 saturated carbocycles. The molecule has 1 saturated heterocycles. The molecule has 3 rings (SSSR count). The average Bonchev–Trinajstić information content (AvgIpc) is 3.24. The molecule has 0 aliphatic carbocycles. The van der Waals surface area contributed by atoms with Crippen LogP contribution in [0.5, 0.6) is 5.75 Å². The molecule has 0 radical (unpaired) electrons. The van der Waals surface area contributed by atoms with Gasteiger partial charge in [0, 0.05) is 38.9 Å². The second-order valence-electron chi connectivity index (χ2n) is 6.84. The zero-order valence-electron chi connectivity index (χ0n) is 17.3. The normalized spacial score (nSPS) is 16.3. The lowest BCUT2D eigenvalue weighted by atomic mass is 10.1. The van der Waals surface area contributed by atoms with E-state index in [4.69, 9.17) is 21.1 Å². The second-order valence-corrected chi connectivity index (χ2v) is 7.24. The molecule has 160 valence electrons. The first-order valence-corrected chi connectivity index (χ1v) is 10.0. The largest absolute Gasteiger partial charge is 0.496 e. The number of guanidine groups is 1. The molecule has 2 N–H and O–H groups in total. The number of ether oxygens (including phenoxy) is 2. The van der Waals surface area contributed by atoms with Crippen molar-refractivity contribution in [2.45, 2.75) is 19.0 Å². The lowest BCUT2D eigenvalue weighted by Gasteiger charge is -2.20. The number of rotatable bonds is 6. The van der Waals surface area contributed by atoms with Crippen LogP contribution in [-0.2, 0) is 11.3 Å². The monoisotopic (exact) mass is 431 g/mol. The van der Waals surface area contributed by atoms with Gasteiger partial charge in [0.25, 0.3) is 0 Å². The molecule has 9 heteroatoms. The standard InChI is InChI=1S/C21H26ClN5O3/c1-23-21(25-12-14-6-7-18(29-2)16(11-14)20(28)30-3)26-15-8-10-27(13-15)19-17(22)5-4-9-24-19/h4-7,9,11,15H,8,10,12-13H2,1-3H3,(H2,23,25,26). The van der Waals surface area contributed by atoms with Gasteiger partial charge >= 0.3 is 5.97 Å². The van der Waals surface area contributed by atoms with Gasteiger partial charge in [0.1, 0.15) is 17.1 Å². The number of carbonyl (C=O) groups excluding carboxylic acids is 1. The van der Waals surface area contributed by atoms with E-state index in [0.717, 1.165) is 30.9 Å². The van der Waals surface area contributed by atoms with E-state index >= 15 is 0 Å². The molecule has 0 bridgehead atoms. The second kappa shape index (κ2) is 10.2. The Hall–Kier alpha value is -3.00. The summed E-state index contributed by atoms with van der Waals surface area (Å²) in [5.41, 5.74) is 1.30. The summed E-state index contributed by atoms with van der Waals surface area (Å²) in [6.07, 6.45) is 2.70. The third kappa shape index (κ3) is 5.13. The molecule has 1 aromatic heterocycles. The molecular formula is C21H26ClN5O3. The lowest BCUT2D eigenvalue weighted by Crippen LogP contribution is -2.44. The van der Waals surface area contributed by atoms with Gasteiger partial charge in [-0.1, -0.05) is 17.7 Å². The first-order chi connectivity index (χ1) is 14.5. The number of aliphatic imine (C=N–C) groups is 1. The summed E-state index contributed by atoms with van der Waals surface area (Å²) in [4.78, 5) is 22.8. The minimum absolute atomic E-state index is 0.218. The Kier molecular flexibility index (Phi) is 7.35. The molecule has 0 spiro atoms. The fourth-order valence-electron chi connectivity index (χ4n) is 3.39. The van der Waals surface area contributed by atoms with Crippen molar-refractivity contribution >= 4 is 29.3 Å². The number of benzene rings is 1. The molecule has 2 aromatic rings. The van der Waals surface area contributed by atoms with Crippen LogP contribution in [0.3, 0.4) is 0 Å². The number of pyridine rings is 1. The Morgan fingerprint density at radius 1 is 1.37 bits per heavy atom. The zero-order chi connectivity index (χ0) is 21.5. The number of carbonyl (C=O) groups is 1. The molecule has 1 atom stereocenters. The number of hydrogen-bond acceptors (Lipinski definition) is 6. The van der Waals surface area contributed by atoms with Gasteiger partial charge in [0.05, 0.1) is 19.2 Å². The van der Waals surface area contributed by atoms with Gasteiger partial charge in [-0.05, 0) is 36.2 Å². The number of methoxy groups -OCH3 is 2. The topological polar surface area (TPSA) is 88.1 Å². The molecule has 1 aromatic carbocycles. The van der Waals surface area contributed by atoms with E-state index in [0.29, 0.717) is 28.8 Å². The molecule has 1 fully saturated rings. The Morgan fingerprint density at radius 3 is 2.90 bits per heavy atom. The van der Waals surface area contributed by atoms with E-state index in [-0.39, 0.29) is 6.04 Å². The van der Waals surface area contributed by atoms with Crippen LogP contribution >= 0.6 is 11.6 Å². The van der Waals surface area contributed by atoms with E-state index in [2.05, 4.69) is 25.5 Å². The number of halogens is 1. The van der Waals surface area contributed by atoms with Gasteiger partial charge in [-0.25, -0.2) is 9.78 Å². The van der Waals surface area contributed by atoms with Crippen LogP contribution in [0.25, 0.3) is 0 Å². The quantitative estimate of drug-likeness (QED) is 0.412. The van der Waals surface area contributed by atoms with Crippen LogP contribution in [0.1, 0.15) is 22.3 Å². The number of nitrogens with zero attached hydrogens (tertiary/aromatic N) is 3. The molecular weight excluding hydrogens is 406 g/mol. The van der Waals surface area contributed by atoms with Crippen molar-refractivity contribution in [2.75, 3.05) is 39.3 Å². The van der Waals surface area contributed by atoms with Crippen molar-refractivity contribution in [3.63, 3.8) is 0 Å². The maximum absolute atomic E-state index is 12.0. The minimum atomic E-state index is -0.435. The van der Waals surface area contributed by atoms with E-state index in [9.17, 15) is 4.79 Å². The maximum atomic E-state index is 12.0. The number of hydrogen-bond donors (Lipinski definition) is 2. The Morgan fingerprint density at radius 2 is 2.20 bits per heavy atom. The van der Waals surface area contributed by atoms with E-state index in [1.165, 1.54) is 14.2 Å². The molecule has 2 heterocycles. The summed E-state index contributed by atoms with van der Waals surface area (Å²) >= 11 is 6.27. The van der Waals surface area contributed by atoms with Crippen molar-refractivity contribution < 1.29 is 14.3 Å². The van der Waals surface area contributed by atoms with Gasteiger partial charge in [-0.2, -0.15) is 0 Å². The Bertz CT molecular complexity index is 921. The Labute approximate surface area is 181 Å². The van der Waals surface area contributed by atoms with Crippen molar-refractivity contribution in [3.05, 3.63) is 52.7 Å². The fourth-order valence-corrected chi connectivity index (χ4v) is 3.63. The van der Waals surface area contributed by atoms with Crippen molar-refractivity contribution in [1.82, 2.24) is 15.6 Å². The van der Waals surface area contributed by atoms with Gasteiger partial charge in [0.2, 0.25) is 0 Å². The molecule has 0 amide bonds. The third-order valence-electron chi connectivity index (χ3n) is 4.92. The summed E-state index contributed by atoms with van der Waals surface area (Å²) in [5, 5.41) is 7.38. The highest BCUT2D eigenvalue weighted by molar-refractivity contribution is 6.32. The lowest BCUT2D eigenvalue weighted by molar-refractivity contribution is 0.0597. The third-order valence-corrected chi connectivity index (χ3v) is 5.22. The molecule has 1 aliphatic heterocycles. The fraction of sp³-hybridized carbons (Fsp3) is 0.381. The van der Waals surface area contributed by atoms with Gasteiger partial charge in [-0.3, -0.25) is 4.99 Å². The van der Waals surface area contributed by atoms with Gasteiger partial charge in [0.15, 0.2) is 5.96 Å². The molecule has 8 nitrogen and oxygen atoms in total. The predicted octanol–water partition coefficient (Wildman–Crippen LogP) is 2.47. The first-order valence-electron chi connectivity index (χ1n) is 9.63. The van der Waals surface area contributed by atoms with Gasteiger partial charge in [-0.15, -0.1) is 0 Å². The van der Waals surface area contributed by atoms with Crippen LogP contribution < -0.4 is 20.3 Å². The van der Waals surface area contributed by atoms with Crippen LogP contribution in [-0.4, -0.2) is 57.3 Å². The number of esters is 1. The molecule has 1 aliphatic rings. The average molecular weight is 432 g/mol. The van der Waals surface area contributed by atoms with Crippen LogP contribution in [0.2, 0.25) is 5.02 Å². The van der Waals surface area contributed by atoms with Crippen molar-refractivity contribution in [3.8, 4) is 5.75 Å². The minimum Gasteiger partial charge on any atom is -0.496 e. The van der Waals surface area contributed by atoms with E-state index < -0.39 is 5.97 Å². The summed E-state index contributed by atoms with van der Waals surface area (Å²) in [6.45, 7) is 2.15. The number of anilines is 1. The molecule has 30 heavy (non-hydrogen) atoms. The van der Waals surface area contributed by atoms with Crippen LogP contribution in [0.15, 0.2) is 41.5 Å². The smallest absolute Gasteiger partial charge is 0.341 e. The first kappa shape index (κ1) is 21.7. The summed E-state index contributed by atoms with van der Waals surface area (Å²) < 4.78 is 10.1. The summed E-state index contributed by atoms with van der Waals surface area (Å²) in [6, 6.07) is 9.30. The highest BCUT2D eigenvalue weighted by Gasteiger charge is 2.25. The predicted molar refractivity (Wildman–Crippen MR) is 118 cm³/mol. The van der Waals surface area contributed by atoms with Crippen molar-refractivity contribution in [2.24, 2.45) is 4.99 Å². The highest BCUT2D eigenvalue weighted by Crippen LogP contribution is 2.25. The Balaban J connectivity index is 1.58. The molecule has 1 unspecified atom stereocenters. The number of nitrogens with one attached hydrogen (secondary N) is 2. The maximum Gasteiger partial charge on any atom is 0.341 e. The van der Waals surface area contributed by atoms with Crippen LogP contribution in [0, 0.1) is 0 Å².